The van der Waals surface area contributed by atoms with Crippen LogP contribution in [0.4, 0.5) is 5.69 Å². The molecule has 0 amide bonds. The molecule has 3 N–H and O–H groups in total. The molecule has 4 nitrogen and oxygen atoms in total. The van der Waals surface area contributed by atoms with E-state index in [2.05, 4.69) is 34.5 Å². The molecule has 1 aromatic rings. The summed E-state index contributed by atoms with van der Waals surface area (Å²) in [6.07, 6.45) is 2.87. The lowest BCUT2D eigenvalue weighted by molar-refractivity contribution is 0.488. The van der Waals surface area contributed by atoms with Crippen molar-refractivity contribution in [1.29, 1.82) is 0 Å². The van der Waals surface area contributed by atoms with Gasteiger partial charge in [0.2, 0.25) is 10.0 Å². The third-order valence-electron chi connectivity index (χ3n) is 3.10. The maximum absolute atomic E-state index is 12.4. The van der Waals surface area contributed by atoms with E-state index in [0.29, 0.717) is 21.1 Å². The highest BCUT2D eigenvalue weighted by atomic mass is 79.9. The van der Waals surface area contributed by atoms with Gasteiger partial charge >= 0.3 is 0 Å². The molecule has 1 unspecified atom stereocenters. The summed E-state index contributed by atoms with van der Waals surface area (Å²) in [5.74, 6) is 0.621. The first-order valence-electron chi connectivity index (χ1n) is 6.90. The van der Waals surface area contributed by atoms with Crippen molar-refractivity contribution >= 4 is 43.2 Å². The minimum atomic E-state index is -3.65. The average molecular weight is 398 g/mol. The summed E-state index contributed by atoms with van der Waals surface area (Å²) in [5.41, 5.74) is 6.04. The lowest BCUT2D eigenvalue weighted by Crippen LogP contribution is -2.33. The Kier molecular flexibility index (Phi) is 6.97. The molecule has 0 aliphatic carbocycles. The topological polar surface area (TPSA) is 72.2 Å². The summed E-state index contributed by atoms with van der Waals surface area (Å²) in [7, 11) is -3.65. The number of benzene rings is 1. The number of sulfonamides is 1. The minimum Gasteiger partial charge on any atom is -0.398 e. The predicted molar refractivity (Wildman–Crippen MR) is 92.0 cm³/mol. The number of hydrogen-bond donors (Lipinski definition) is 2. The Bertz CT molecular complexity index is 591. The highest BCUT2D eigenvalue weighted by molar-refractivity contribution is 9.10. The van der Waals surface area contributed by atoms with Crippen LogP contribution in [0.3, 0.4) is 0 Å². The Hall–Kier alpha value is -0.300. The maximum Gasteiger partial charge on any atom is 0.242 e. The van der Waals surface area contributed by atoms with Crippen molar-refractivity contribution in [3.05, 3.63) is 21.6 Å². The Morgan fingerprint density at radius 2 is 1.90 bits per heavy atom. The molecule has 0 saturated heterocycles. The minimum absolute atomic E-state index is 0.0724. The van der Waals surface area contributed by atoms with E-state index in [1.807, 2.05) is 6.92 Å². The van der Waals surface area contributed by atoms with Gasteiger partial charge in [0.25, 0.3) is 0 Å². The van der Waals surface area contributed by atoms with Gasteiger partial charge in [0.1, 0.15) is 0 Å². The van der Waals surface area contributed by atoms with Crippen LogP contribution < -0.4 is 10.5 Å². The zero-order valence-corrected chi connectivity index (χ0v) is 15.6. The first kappa shape index (κ1) is 18.7. The van der Waals surface area contributed by atoms with Gasteiger partial charge in [-0.3, -0.25) is 0 Å². The summed E-state index contributed by atoms with van der Waals surface area (Å²) in [6.45, 7) is 6.17. The van der Waals surface area contributed by atoms with Crippen LogP contribution in [0.2, 0.25) is 5.02 Å². The quantitative estimate of drug-likeness (QED) is 0.678. The maximum atomic E-state index is 12.4. The van der Waals surface area contributed by atoms with Crippen molar-refractivity contribution in [3.8, 4) is 0 Å². The zero-order chi connectivity index (χ0) is 16.2. The van der Waals surface area contributed by atoms with Crippen LogP contribution in [-0.4, -0.2) is 14.5 Å². The Morgan fingerprint density at radius 3 is 2.48 bits per heavy atom. The number of anilines is 1. The SMILES string of the molecule is CC(C)CCCC(C)NS(=O)(=O)c1cc(Cl)cc(N)c1Br. The van der Waals surface area contributed by atoms with Gasteiger partial charge in [-0.15, -0.1) is 0 Å². The van der Waals surface area contributed by atoms with E-state index in [-0.39, 0.29) is 10.9 Å². The number of halogens is 2. The summed E-state index contributed by atoms with van der Waals surface area (Å²) in [6, 6.07) is 2.77. The fourth-order valence-corrected chi connectivity index (χ4v) is 4.57. The number of nitrogens with one attached hydrogen (secondary N) is 1. The number of hydrogen-bond acceptors (Lipinski definition) is 3. The molecule has 0 aliphatic heterocycles. The second-order valence-electron chi connectivity index (χ2n) is 5.65. The van der Waals surface area contributed by atoms with E-state index in [1.165, 1.54) is 12.1 Å². The molecule has 0 aromatic heterocycles. The second-order valence-corrected chi connectivity index (χ2v) is 8.57. The molecular weight excluding hydrogens is 376 g/mol. The second kappa shape index (κ2) is 7.81. The molecule has 0 fully saturated rings. The largest absolute Gasteiger partial charge is 0.398 e. The van der Waals surface area contributed by atoms with Gasteiger partial charge in [-0.2, -0.15) is 0 Å². The summed E-state index contributed by atoms with van der Waals surface area (Å²) >= 11 is 9.10. The summed E-state index contributed by atoms with van der Waals surface area (Å²) in [5, 5.41) is 0.295. The third kappa shape index (κ3) is 5.77. The molecule has 7 heteroatoms. The van der Waals surface area contributed by atoms with Crippen LogP contribution in [0.1, 0.15) is 40.0 Å². The van der Waals surface area contributed by atoms with Crippen molar-refractivity contribution in [2.75, 3.05) is 5.73 Å². The Balaban J connectivity index is 2.82. The highest BCUT2D eigenvalue weighted by Gasteiger charge is 2.22. The molecule has 120 valence electrons. The summed E-state index contributed by atoms with van der Waals surface area (Å²) in [4.78, 5) is 0.0724. The van der Waals surface area contributed by atoms with Crippen LogP contribution in [0.5, 0.6) is 0 Å². The van der Waals surface area contributed by atoms with Crippen LogP contribution in [0.15, 0.2) is 21.5 Å². The van der Waals surface area contributed by atoms with E-state index >= 15 is 0 Å². The van der Waals surface area contributed by atoms with Crippen molar-refractivity contribution in [2.45, 2.75) is 51.0 Å². The fraction of sp³-hybridized carbons (Fsp3) is 0.571. The fourth-order valence-electron chi connectivity index (χ4n) is 2.00. The van der Waals surface area contributed by atoms with E-state index in [1.54, 1.807) is 0 Å². The van der Waals surface area contributed by atoms with Crippen molar-refractivity contribution < 1.29 is 8.42 Å². The van der Waals surface area contributed by atoms with Crippen molar-refractivity contribution in [2.24, 2.45) is 5.92 Å². The van der Waals surface area contributed by atoms with Gasteiger partial charge in [0, 0.05) is 16.8 Å². The van der Waals surface area contributed by atoms with Crippen LogP contribution >= 0.6 is 27.5 Å². The van der Waals surface area contributed by atoms with Crippen LogP contribution in [-0.2, 0) is 10.0 Å². The molecule has 1 aromatic carbocycles. The number of nitrogen functional groups attached to an aromatic ring is 1. The summed E-state index contributed by atoms with van der Waals surface area (Å²) < 4.78 is 27.8. The Labute approximate surface area is 140 Å². The molecule has 0 radical (unpaired) electrons. The predicted octanol–water partition coefficient (Wildman–Crippen LogP) is 4.18. The smallest absolute Gasteiger partial charge is 0.242 e. The van der Waals surface area contributed by atoms with E-state index < -0.39 is 10.0 Å². The first-order valence-corrected chi connectivity index (χ1v) is 9.55. The van der Waals surface area contributed by atoms with Gasteiger partial charge in [-0.1, -0.05) is 38.3 Å². The third-order valence-corrected chi connectivity index (χ3v) is 6.08. The highest BCUT2D eigenvalue weighted by Crippen LogP contribution is 2.31. The van der Waals surface area contributed by atoms with Crippen molar-refractivity contribution in [1.82, 2.24) is 4.72 Å². The van der Waals surface area contributed by atoms with E-state index in [0.717, 1.165) is 19.3 Å². The van der Waals surface area contributed by atoms with Crippen molar-refractivity contribution in [3.63, 3.8) is 0 Å². The molecule has 1 atom stereocenters. The number of rotatable bonds is 7. The average Bonchev–Trinajstić information content (AvgIpc) is 2.32. The first-order chi connectivity index (χ1) is 9.63. The van der Waals surface area contributed by atoms with E-state index in [9.17, 15) is 8.42 Å². The zero-order valence-electron chi connectivity index (χ0n) is 12.5. The molecule has 0 bridgehead atoms. The molecule has 1 rings (SSSR count). The molecule has 0 saturated carbocycles. The molecule has 0 aliphatic rings. The molecule has 21 heavy (non-hydrogen) atoms. The van der Waals surface area contributed by atoms with Gasteiger partial charge in [-0.05, 0) is 47.3 Å². The normalized spacial score (nSPS) is 13.6. The lowest BCUT2D eigenvalue weighted by Gasteiger charge is -2.16. The van der Waals surface area contributed by atoms with E-state index in [4.69, 9.17) is 17.3 Å². The molecule has 0 spiro atoms. The molecular formula is C14H22BrClN2O2S. The van der Waals surface area contributed by atoms with Crippen LogP contribution in [0.25, 0.3) is 0 Å². The Morgan fingerprint density at radius 1 is 1.29 bits per heavy atom. The van der Waals surface area contributed by atoms with Gasteiger partial charge in [0.05, 0.1) is 9.37 Å². The van der Waals surface area contributed by atoms with Gasteiger partial charge < -0.3 is 5.73 Å². The molecule has 0 heterocycles. The van der Waals surface area contributed by atoms with Gasteiger partial charge in [0.15, 0.2) is 0 Å². The van der Waals surface area contributed by atoms with Crippen LogP contribution in [0, 0.1) is 5.92 Å². The van der Waals surface area contributed by atoms with Gasteiger partial charge in [-0.25, -0.2) is 13.1 Å². The standard InChI is InChI=1S/C14H22BrClN2O2S/c1-9(2)5-4-6-10(3)18-21(19,20)13-8-11(16)7-12(17)14(13)15/h7-10,18H,4-6,17H2,1-3H3. The number of nitrogens with two attached hydrogens (primary N) is 1. The monoisotopic (exact) mass is 396 g/mol. The lowest BCUT2D eigenvalue weighted by atomic mass is 10.0.